The van der Waals surface area contributed by atoms with E-state index in [2.05, 4.69) is 48.2 Å². The molecule has 0 aromatic heterocycles. The van der Waals surface area contributed by atoms with E-state index in [-0.39, 0.29) is 0 Å². The third kappa shape index (κ3) is 3.98. The Labute approximate surface area is 128 Å². The molecule has 0 radical (unpaired) electrons. The molecule has 2 atom stereocenters. The summed E-state index contributed by atoms with van der Waals surface area (Å²) >= 11 is 0. The van der Waals surface area contributed by atoms with Gasteiger partial charge in [-0.25, -0.2) is 0 Å². The lowest BCUT2D eigenvalue weighted by Crippen LogP contribution is -2.43. The van der Waals surface area contributed by atoms with Crippen LogP contribution in [0.4, 0.5) is 5.69 Å². The smallest absolute Gasteiger partial charge is 0.107 e. The lowest BCUT2D eigenvalue weighted by molar-refractivity contribution is 0.373. The third-order valence-corrected chi connectivity index (χ3v) is 4.73. The lowest BCUT2D eigenvalue weighted by atomic mass is 9.87. The minimum absolute atomic E-state index is 0.343. The van der Waals surface area contributed by atoms with Gasteiger partial charge in [-0.2, -0.15) is 5.26 Å². The molecule has 114 valence electrons. The van der Waals surface area contributed by atoms with E-state index in [0.717, 1.165) is 38.8 Å². The topological polar surface area (TPSA) is 53.0 Å². The standard InChI is InChI=1S/C18H27N3/c1-2-3-13-21(17-9-5-4-6-10-17)14-11-16-8-7-12-18(16,20)15-19/h4-6,9-10,16H,2-3,7-8,11-14,20H2,1H3. The first kappa shape index (κ1) is 15.9. The van der Waals surface area contributed by atoms with E-state index < -0.39 is 5.54 Å². The first-order valence-electron chi connectivity index (χ1n) is 8.19. The van der Waals surface area contributed by atoms with Gasteiger partial charge in [-0.05, 0) is 43.7 Å². The van der Waals surface area contributed by atoms with Crippen molar-refractivity contribution in [2.75, 3.05) is 18.0 Å². The minimum Gasteiger partial charge on any atom is -0.372 e. The van der Waals surface area contributed by atoms with E-state index in [0.29, 0.717) is 5.92 Å². The highest BCUT2D eigenvalue weighted by atomic mass is 15.1. The highest BCUT2D eigenvalue weighted by Gasteiger charge is 2.39. The molecular weight excluding hydrogens is 258 g/mol. The molecule has 3 nitrogen and oxygen atoms in total. The van der Waals surface area contributed by atoms with Gasteiger partial charge in [0.2, 0.25) is 0 Å². The van der Waals surface area contributed by atoms with Crippen LogP contribution >= 0.6 is 0 Å². The van der Waals surface area contributed by atoms with Crippen LogP contribution in [-0.4, -0.2) is 18.6 Å². The van der Waals surface area contributed by atoms with Crippen LogP contribution in [-0.2, 0) is 0 Å². The number of nitriles is 1. The van der Waals surface area contributed by atoms with Crippen LogP contribution in [0.2, 0.25) is 0 Å². The van der Waals surface area contributed by atoms with Crippen molar-refractivity contribution in [3.63, 3.8) is 0 Å². The fourth-order valence-corrected chi connectivity index (χ4v) is 3.32. The Bertz CT molecular complexity index is 465. The zero-order valence-corrected chi connectivity index (χ0v) is 13.1. The van der Waals surface area contributed by atoms with E-state index in [1.165, 1.54) is 18.5 Å². The molecule has 2 unspecified atom stereocenters. The summed E-state index contributed by atoms with van der Waals surface area (Å²) in [5.74, 6) is 0.343. The maximum Gasteiger partial charge on any atom is 0.107 e. The molecule has 0 heterocycles. The minimum atomic E-state index is -0.590. The zero-order chi connectivity index (χ0) is 15.1. The quantitative estimate of drug-likeness (QED) is 0.831. The monoisotopic (exact) mass is 285 g/mol. The Kier molecular flexibility index (Phi) is 5.64. The Balaban J connectivity index is 1.98. The SMILES string of the molecule is CCCCN(CCC1CCCC1(N)C#N)c1ccccc1. The molecular formula is C18H27N3. The molecule has 2 rings (SSSR count). The largest absolute Gasteiger partial charge is 0.372 e. The van der Waals surface area contributed by atoms with E-state index in [1.807, 2.05) is 0 Å². The van der Waals surface area contributed by atoms with Gasteiger partial charge in [-0.3, -0.25) is 0 Å². The molecule has 1 aliphatic carbocycles. The molecule has 0 spiro atoms. The summed E-state index contributed by atoms with van der Waals surface area (Å²) in [6, 6.07) is 12.9. The second kappa shape index (κ2) is 7.47. The Hall–Kier alpha value is -1.53. The summed E-state index contributed by atoms with van der Waals surface area (Å²) in [4.78, 5) is 2.44. The number of nitrogens with zero attached hydrogens (tertiary/aromatic N) is 2. The number of para-hydroxylation sites is 1. The van der Waals surface area contributed by atoms with Crippen LogP contribution < -0.4 is 10.6 Å². The molecule has 1 fully saturated rings. The molecule has 0 bridgehead atoms. The summed E-state index contributed by atoms with van der Waals surface area (Å²) in [6.07, 6.45) is 6.46. The Morgan fingerprint density at radius 2 is 2.10 bits per heavy atom. The van der Waals surface area contributed by atoms with Crippen molar-refractivity contribution in [2.24, 2.45) is 11.7 Å². The second-order valence-corrected chi connectivity index (χ2v) is 6.21. The molecule has 0 aliphatic heterocycles. The van der Waals surface area contributed by atoms with E-state index >= 15 is 0 Å². The van der Waals surface area contributed by atoms with Crippen LogP contribution in [0.3, 0.4) is 0 Å². The van der Waals surface area contributed by atoms with Crippen LogP contribution in [0.25, 0.3) is 0 Å². The Morgan fingerprint density at radius 3 is 2.76 bits per heavy atom. The summed E-state index contributed by atoms with van der Waals surface area (Å²) in [6.45, 7) is 4.30. The van der Waals surface area contributed by atoms with E-state index in [4.69, 9.17) is 5.73 Å². The van der Waals surface area contributed by atoms with Crippen molar-refractivity contribution in [1.29, 1.82) is 5.26 Å². The molecule has 1 aromatic rings. The summed E-state index contributed by atoms with van der Waals surface area (Å²) in [5, 5.41) is 9.33. The van der Waals surface area contributed by atoms with Gasteiger partial charge in [-0.15, -0.1) is 0 Å². The van der Waals surface area contributed by atoms with Crippen molar-refractivity contribution in [3.05, 3.63) is 30.3 Å². The number of hydrogen-bond acceptors (Lipinski definition) is 3. The van der Waals surface area contributed by atoms with Gasteiger partial charge in [0.05, 0.1) is 6.07 Å². The van der Waals surface area contributed by atoms with Crippen molar-refractivity contribution < 1.29 is 0 Å². The maximum absolute atomic E-state index is 9.33. The van der Waals surface area contributed by atoms with Gasteiger partial charge < -0.3 is 10.6 Å². The highest BCUT2D eigenvalue weighted by molar-refractivity contribution is 5.45. The molecule has 2 N–H and O–H groups in total. The van der Waals surface area contributed by atoms with Gasteiger partial charge in [0.15, 0.2) is 0 Å². The Morgan fingerprint density at radius 1 is 1.33 bits per heavy atom. The molecule has 1 aliphatic rings. The number of nitrogens with two attached hydrogens (primary N) is 1. The predicted octanol–water partition coefficient (Wildman–Crippen LogP) is 3.70. The number of anilines is 1. The van der Waals surface area contributed by atoms with Gasteiger partial charge in [0, 0.05) is 18.8 Å². The normalized spacial score (nSPS) is 24.7. The highest BCUT2D eigenvalue weighted by Crippen LogP contribution is 2.35. The second-order valence-electron chi connectivity index (χ2n) is 6.21. The van der Waals surface area contributed by atoms with Crippen LogP contribution in [0.1, 0.15) is 45.4 Å². The van der Waals surface area contributed by atoms with E-state index in [1.54, 1.807) is 0 Å². The van der Waals surface area contributed by atoms with Gasteiger partial charge in [0.25, 0.3) is 0 Å². The average Bonchev–Trinajstić information content (AvgIpc) is 2.90. The van der Waals surface area contributed by atoms with Gasteiger partial charge >= 0.3 is 0 Å². The number of rotatable bonds is 7. The maximum atomic E-state index is 9.33. The van der Waals surface area contributed by atoms with Crippen molar-refractivity contribution in [3.8, 4) is 6.07 Å². The predicted molar refractivity (Wildman–Crippen MR) is 88.1 cm³/mol. The molecule has 1 aromatic carbocycles. The summed E-state index contributed by atoms with van der Waals surface area (Å²) < 4.78 is 0. The number of benzene rings is 1. The summed E-state index contributed by atoms with van der Waals surface area (Å²) in [7, 11) is 0. The van der Waals surface area contributed by atoms with Crippen LogP contribution in [0, 0.1) is 17.2 Å². The fourth-order valence-electron chi connectivity index (χ4n) is 3.32. The first-order chi connectivity index (χ1) is 10.2. The first-order valence-corrected chi connectivity index (χ1v) is 8.19. The number of hydrogen-bond donors (Lipinski definition) is 1. The van der Waals surface area contributed by atoms with Gasteiger partial charge in [-0.1, -0.05) is 38.0 Å². The lowest BCUT2D eigenvalue weighted by Gasteiger charge is -2.29. The van der Waals surface area contributed by atoms with Crippen molar-refractivity contribution >= 4 is 5.69 Å². The van der Waals surface area contributed by atoms with Crippen molar-refractivity contribution in [2.45, 2.75) is 51.0 Å². The molecule has 0 amide bonds. The third-order valence-electron chi connectivity index (χ3n) is 4.73. The molecule has 1 saturated carbocycles. The molecule has 3 heteroatoms. The summed E-state index contributed by atoms with van der Waals surface area (Å²) in [5.41, 5.74) is 6.94. The number of unbranched alkanes of at least 4 members (excludes halogenated alkanes) is 1. The zero-order valence-electron chi connectivity index (χ0n) is 13.1. The molecule has 21 heavy (non-hydrogen) atoms. The van der Waals surface area contributed by atoms with Gasteiger partial charge in [0.1, 0.15) is 5.54 Å². The van der Waals surface area contributed by atoms with Crippen molar-refractivity contribution in [1.82, 2.24) is 0 Å². The fraction of sp³-hybridized carbons (Fsp3) is 0.611. The van der Waals surface area contributed by atoms with Crippen LogP contribution in [0.15, 0.2) is 30.3 Å². The van der Waals surface area contributed by atoms with E-state index in [9.17, 15) is 5.26 Å². The molecule has 0 saturated heterocycles. The van der Waals surface area contributed by atoms with Crippen LogP contribution in [0.5, 0.6) is 0 Å². The average molecular weight is 285 g/mol.